The lowest BCUT2D eigenvalue weighted by molar-refractivity contribution is -0.146. The Morgan fingerprint density at radius 3 is 2.23 bits per heavy atom. The second-order valence-corrected chi connectivity index (χ2v) is 20.1. The smallest absolute Gasteiger partial charge is 0.410 e. The third-order valence-corrected chi connectivity index (χ3v) is 12.4. The molecule has 0 radical (unpaired) electrons. The lowest BCUT2D eigenvalue weighted by Crippen LogP contribution is -2.56. The maximum Gasteiger partial charge on any atom is 0.410 e. The quantitative estimate of drug-likeness (QED) is 0.0520. The highest BCUT2D eigenvalue weighted by Gasteiger charge is 2.44. The number of primary amides is 1. The van der Waals surface area contributed by atoms with Crippen LogP contribution >= 0.6 is 0 Å². The molecule has 4 aromatic rings. The molecule has 7 amide bonds. The summed E-state index contributed by atoms with van der Waals surface area (Å²) < 4.78 is 53.3. The average Bonchev–Trinajstić information content (AvgIpc) is 3.90. The van der Waals surface area contributed by atoms with Crippen LogP contribution in [-0.4, -0.2) is 117 Å². The maximum absolute atomic E-state index is 16.2. The van der Waals surface area contributed by atoms with Crippen LogP contribution in [0.15, 0.2) is 72.9 Å². The number of carbonyl (C=O) groups excluding carboxylic acids is 6. The maximum atomic E-state index is 16.2. The van der Waals surface area contributed by atoms with Gasteiger partial charge in [-0.15, -0.1) is 0 Å². The number of amides is 7. The van der Waals surface area contributed by atoms with E-state index in [4.69, 9.17) is 21.2 Å². The lowest BCUT2D eigenvalue weighted by atomic mass is 9.84. The van der Waals surface area contributed by atoms with E-state index in [-0.39, 0.29) is 75.2 Å². The first-order valence-corrected chi connectivity index (χ1v) is 24.2. The summed E-state index contributed by atoms with van der Waals surface area (Å²) in [4.78, 5) is 85.5. The number of aryl methyl sites for hydroxylation is 1. The number of halogens is 3. The number of ether oxygens (including phenoxy) is 1. The van der Waals surface area contributed by atoms with Gasteiger partial charge in [-0.05, 0) is 92.5 Å². The van der Waals surface area contributed by atoms with Gasteiger partial charge in [-0.1, -0.05) is 70.5 Å². The first-order valence-electron chi connectivity index (χ1n) is 24.2. The van der Waals surface area contributed by atoms with E-state index in [9.17, 15) is 38.3 Å². The van der Waals surface area contributed by atoms with E-state index in [1.54, 1.807) is 73.1 Å². The number of anilines is 1. The Morgan fingerprint density at radius 2 is 1.62 bits per heavy atom. The molecule has 1 aliphatic rings. The van der Waals surface area contributed by atoms with E-state index >= 15 is 8.78 Å². The largest absolute Gasteiger partial charge is 0.445 e. The first-order chi connectivity index (χ1) is 34.3. The molecule has 73 heavy (non-hydrogen) atoms. The van der Waals surface area contributed by atoms with Crippen molar-refractivity contribution >= 4 is 41.4 Å². The molecular formula is C52H69F3N10O8. The molecule has 1 aromatic heterocycles. The summed E-state index contributed by atoms with van der Waals surface area (Å²) in [5.74, 6) is -4.46. The Balaban J connectivity index is 1.29. The zero-order valence-electron chi connectivity index (χ0n) is 42.6. The zero-order valence-corrected chi connectivity index (χ0v) is 42.6. The van der Waals surface area contributed by atoms with Crippen molar-refractivity contribution in [2.75, 3.05) is 31.5 Å². The van der Waals surface area contributed by atoms with E-state index in [0.717, 1.165) is 5.56 Å². The topological polar surface area (TPSA) is 256 Å². The van der Waals surface area contributed by atoms with Crippen LogP contribution in [0.4, 0.5) is 28.4 Å². The van der Waals surface area contributed by atoms with E-state index in [2.05, 4.69) is 21.3 Å². The monoisotopic (exact) mass is 1020 g/mol. The third kappa shape index (κ3) is 15.7. The van der Waals surface area contributed by atoms with Crippen molar-refractivity contribution in [2.24, 2.45) is 28.7 Å². The van der Waals surface area contributed by atoms with E-state index in [0.29, 0.717) is 16.8 Å². The van der Waals surface area contributed by atoms with Crippen LogP contribution in [0.2, 0.25) is 0 Å². The van der Waals surface area contributed by atoms with Crippen molar-refractivity contribution in [3.05, 3.63) is 107 Å². The number of alkyl halides is 1. The van der Waals surface area contributed by atoms with Gasteiger partial charge in [0.1, 0.15) is 48.4 Å². The molecule has 3 aromatic carbocycles. The molecule has 1 aliphatic heterocycles. The van der Waals surface area contributed by atoms with Crippen molar-refractivity contribution in [2.45, 2.75) is 118 Å². The number of nitrogens with one attached hydrogen (secondary N) is 4. The number of benzene rings is 3. The molecule has 2 heterocycles. The molecule has 7 unspecified atom stereocenters. The van der Waals surface area contributed by atoms with Gasteiger partial charge in [0, 0.05) is 49.5 Å². The Kier molecular flexibility index (Phi) is 19.6. The molecule has 21 heteroatoms. The normalized spacial score (nSPS) is 16.7. The van der Waals surface area contributed by atoms with Gasteiger partial charge in [0.2, 0.25) is 17.7 Å². The standard InChI is InChI=1S/C52H69F3N10O8/c1-29(2)43(62-46(67)31(4)56)48(69)61-41(13-10-20-58-50(57)71)47(68)59-37-17-15-33(16-18-37)28-73-51(72)64-24-35(40(55)26-64)25-65(49(70)32(5)66)44(52(6,7)8)45-60-42(38-21-30(3)14-19-39(38)54)27-63(45)23-34-11-9-12-36(53)22-34/h9,11-12,14-19,21-22,27,29,31-32,35,40-41,43-44,66H,10,13,20,23-26,28,56H2,1-8H3,(H,59,68)(H,61,69)(H,62,67)(H3,57,58,71). The molecule has 0 saturated carbocycles. The molecule has 396 valence electrons. The number of nitrogens with two attached hydrogens (primary N) is 2. The minimum atomic E-state index is -1.61. The summed E-state index contributed by atoms with van der Waals surface area (Å²) in [6, 6.07) is 12.2. The van der Waals surface area contributed by atoms with Crippen molar-refractivity contribution in [3.63, 3.8) is 0 Å². The summed E-state index contributed by atoms with van der Waals surface area (Å²) in [7, 11) is 0. The van der Waals surface area contributed by atoms with Crippen LogP contribution in [0.3, 0.4) is 0 Å². The predicted octanol–water partition coefficient (Wildman–Crippen LogP) is 5.45. The second kappa shape index (κ2) is 25.1. The lowest BCUT2D eigenvalue weighted by Gasteiger charge is -2.41. The molecule has 1 fully saturated rings. The van der Waals surface area contributed by atoms with E-state index < -0.39 is 95.2 Å². The van der Waals surface area contributed by atoms with Gasteiger partial charge in [0.15, 0.2) is 0 Å². The first kappa shape index (κ1) is 56.9. The van der Waals surface area contributed by atoms with Gasteiger partial charge < -0.3 is 56.9 Å². The van der Waals surface area contributed by atoms with E-state index in [1.807, 2.05) is 27.7 Å². The number of aliphatic hydroxyl groups excluding tert-OH is 1. The van der Waals surface area contributed by atoms with Gasteiger partial charge >= 0.3 is 12.1 Å². The second-order valence-electron chi connectivity index (χ2n) is 20.1. The van der Waals surface area contributed by atoms with Gasteiger partial charge in [0.25, 0.3) is 5.91 Å². The summed E-state index contributed by atoms with van der Waals surface area (Å²) >= 11 is 0. The third-order valence-electron chi connectivity index (χ3n) is 12.4. The Hall–Kier alpha value is -7.00. The van der Waals surface area contributed by atoms with E-state index in [1.165, 1.54) is 41.8 Å². The number of likely N-dealkylation sites (tertiary alicyclic amines) is 1. The molecule has 0 aliphatic carbocycles. The van der Waals surface area contributed by atoms with Crippen LogP contribution in [-0.2, 0) is 37.1 Å². The van der Waals surface area contributed by atoms with Crippen LogP contribution in [0.25, 0.3) is 11.3 Å². The molecule has 5 rings (SSSR count). The summed E-state index contributed by atoms with van der Waals surface area (Å²) in [6.07, 6.45) is -1.95. The SMILES string of the molecule is Cc1ccc(F)c(-c2cn(Cc3cccc(F)c3)c(C(N(CC3CN(C(=O)OCc4ccc(NC(=O)C(CCCNC(N)=O)NC(=O)C(NC(=O)C(C)N)C(C)C)cc4)CC3F)C(=O)C(C)O)C(C)(C)C)n2)c1. The Labute approximate surface area is 423 Å². The number of aromatic nitrogens is 2. The van der Waals surface area contributed by atoms with Gasteiger partial charge in [-0.3, -0.25) is 19.2 Å². The predicted molar refractivity (Wildman–Crippen MR) is 268 cm³/mol. The van der Waals surface area contributed by atoms with Crippen LogP contribution < -0.4 is 32.7 Å². The number of imidazole rings is 1. The summed E-state index contributed by atoms with van der Waals surface area (Å²) in [6.45, 7) is 12.8. The van der Waals surface area contributed by atoms with Crippen LogP contribution in [0.5, 0.6) is 0 Å². The molecule has 18 nitrogen and oxygen atoms in total. The highest BCUT2D eigenvalue weighted by atomic mass is 19.1. The number of aliphatic hydroxyl groups is 1. The van der Waals surface area contributed by atoms with Crippen molar-refractivity contribution < 1.29 is 51.8 Å². The number of hydrogen-bond donors (Lipinski definition) is 7. The number of hydrogen-bond acceptors (Lipinski definition) is 10. The fourth-order valence-electron chi connectivity index (χ4n) is 8.55. The number of carbonyl (C=O) groups is 6. The van der Waals surface area contributed by atoms with Crippen molar-refractivity contribution in [1.29, 1.82) is 0 Å². The highest BCUT2D eigenvalue weighted by Crippen LogP contribution is 2.41. The summed E-state index contributed by atoms with van der Waals surface area (Å²) in [5.41, 5.74) is 12.7. The van der Waals surface area contributed by atoms with Crippen LogP contribution in [0.1, 0.15) is 89.9 Å². The van der Waals surface area contributed by atoms with Crippen LogP contribution in [0, 0.1) is 35.8 Å². The average molecular weight is 1020 g/mol. The fourth-order valence-corrected chi connectivity index (χ4v) is 8.55. The molecule has 0 spiro atoms. The molecule has 9 N–H and O–H groups in total. The molecule has 7 atom stereocenters. The number of urea groups is 1. The van der Waals surface area contributed by atoms with Crippen molar-refractivity contribution in [3.8, 4) is 11.3 Å². The fraction of sp³-hybridized carbons (Fsp3) is 0.481. The number of nitrogens with zero attached hydrogens (tertiary/aromatic N) is 4. The Morgan fingerprint density at radius 1 is 0.918 bits per heavy atom. The van der Waals surface area contributed by atoms with Gasteiger partial charge in [0.05, 0.1) is 24.3 Å². The molecular weight excluding hydrogens is 950 g/mol. The zero-order chi connectivity index (χ0) is 53.9. The van der Waals surface area contributed by atoms with Gasteiger partial charge in [-0.25, -0.2) is 27.7 Å². The van der Waals surface area contributed by atoms with Crippen molar-refractivity contribution in [1.82, 2.24) is 35.3 Å². The summed E-state index contributed by atoms with van der Waals surface area (Å²) in [5, 5.41) is 21.3. The minimum absolute atomic E-state index is 0.0830. The molecule has 1 saturated heterocycles. The highest BCUT2D eigenvalue weighted by molar-refractivity contribution is 5.98. The molecule has 0 bridgehead atoms. The Bertz CT molecular complexity index is 2590. The minimum Gasteiger partial charge on any atom is -0.445 e. The van der Waals surface area contributed by atoms with Gasteiger partial charge in [-0.2, -0.15) is 0 Å². The number of rotatable bonds is 21.